The minimum Gasteiger partial charge on any atom is -0.447 e. The van der Waals surface area contributed by atoms with Crippen LogP contribution in [0.25, 0.3) is 0 Å². The maximum absolute atomic E-state index is 12.8. The summed E-state index contributed by atoms with van der Waals surface area (Å²) in [4.78, 5) is 30.9. The molecule has 3 heterocycles. The van der Waals surface area contributed by atoms with Crippen molar-refractivity contribution >= 4 is 12.0 Å². The second-order valence-corrected chi connectivity index (χ2v) is 9.38. The van der Waals surface area contributed by atoms with Gasteiger partial charge in [-0.25, -0.2) is 4.79 Å². The van der Waals surface area contributed by atoms with Crippen LogP contribution in [0.2, 0.25) is 0 Å². The molecular formula is C21H29N3O3. The average molecular weight is 371 g/mol. The summed E-state index contributed by atoms with van der Waals surface area (Å²) in [6.07, 6.45) is 2.97. The summed E-state index contributed by atoms with van der Waals surface area (Å²) in [6, 6.07) is 6.32. The van der Waals surface area contributed by atoms with Crippen LogP contribution >= 0.6 is 0 Å². The SMILES string of the molecule is CC(C)(C)c1cccc(C2CCN(C(=O)[C@H]3C[C@]4(COC(=O)N4)C3)CC2)n1. The third-order valence-electron chi connectivity index (χ3n) is 6.23. The zero-order valence-corrected chi connectivity index (χ0v) is 16.5. The average Bonchev–Trinajstić information content (AvgIpc) is 3.02. The van der Waals surface area contributed by atoms with Crippen molar-refractivity contribution in [3.05, 3.63) is 29.6 Å². The van der Waals surface area contributed by atoms with E-state index in [1.807, 2.05) is 4.90 Å². The van der Waals surface area contributed by atoms with Crippen molar-refractivity contribution < 1.29 is 14.3 Å². The summed E-state index contributed by atoms with van der Waals surface area (Å²) in [5.41, 5.74) is 2.04. The Kier molecular flexibility index (Phi) is 4.40. The van der Waals surface area contributed by atoms with Gasteiger partial charge in [0.1, 0.15) is 6.61 Å². The Morgan fingerprint density at radius 2 is 1.96 bits per heavy atom. The topological polar surface area (TPSA) is 71.5 Å². The fraction of sp³-hybridized carbons (Fsp3) is 0.667. The van der Waals surface area contributed by atoms with E-state index in [0.29, 0.717) is 25.4 Å². The normalized spacial score (nSPS) is 28.6. The van der Waals surface area contributed by atoms with Crippen LogP contribution in [0.5, 0.6) is 0 Å². The highest BCUT2D eigenvalue weighted by Crippen LogP contribution is 2.42. The third-order valence-corrected chi connectivity index (χ3v) is 6.23. The van der Waals surface area contributed by atoms with E-state index in [2.05, 4.69) is 44.3 Å². The highest BCUT2D eigenvalue weighted by molar-refractivity contribution is 5.81. The van der Waals surface area contributed by atoms with Crippen LogP contribution in [-0.4, -0.2) is 47.1 Å². The van der Waals surface area contributed by atoms with Gasteiger partial charge in [-0.15, -0.1) is 0 Å². The maximum atomic E-state index is 12.8. The molecule has 0 bridgehead atoms. The number of aromatic nitrogens is 1. The standard InChI is InChI=1S/C21H29N3O3/c1-20(2,3)17-6-4-5-16(22-17)14-7-9-24(10-8-14)18(25)15-11-21(12-15)13-27-19(26)23-21/h4-6,14-15H,7-13H2,1-3H3,(H,23,26)/t15-,21+. The number of ether oxygens (including phenoxy) is 1. The Morgan fingerprint density at radius 1 is 1.26 bits per heavy atom. The number of cyclic esters (lactones) is 1. The number of piperidine rings is 1. The zero-order valence-electron chi connectivity index (χ0n) is 16.5. The minimum atomic E-state index is -0.355. The first-order valence-electron chi connectivity index (χ1n) is 9.97. The summed E-state index contributed by atoms with van der Waals surface area (Å²) >= 11 is 0. The van der Waals surface area contributed by atoms with Gasteiger partial charge in [0, 0.05) is 41.7 Å². The summed E-state index contributed by atoms with van der Waals surface area (Å²) in [5.74, 6) is 0.675. The highest BCUT2D eigenvalue weighted by Gasteiger charge is 2.53. The van der Waals surface area contributed by atoms with Gasteiger partial charge in [-0.2, -0.15) is 0 Å². The van der Waals surface area contributed by atoms with E-state index in [-0.39, 0.29) is 28.9 Å². The van der Waals surface area contributed by atoms with Crippen LogP contribution in [0, 0.1) is 5.92 Å². The summed E-state index contributed by atoms with van der Waals surface area (Å²) < 4.78 is 5.00. The van der Waals surface area contributed by atoms with Gasteiger partial charge < -0.3 is 15.0 Å². The molecule has 1 saturated carbocycles. The molecular weight excluding hydrogens is 342 g/mol. The largest absolute Gasteiger partial charge is 0.447 e. The van der Waals surface area contributed by atoms with Crippen molar-refractivity contribution in [3.8, 4) is 0 Å². The van der Waals surface area contributed by atoms with Gasteiger partial charge in [-0.3, -0.25) is 9.78 Å². The number of alkyl carbamates (subject to hydrolysis) is 1. The molecule has 6 heteroatoms. The first-order chi connectivity index (χ1) is 12.8. The number of pyridine rings is 1. The lowest BCUT2D eigenvalue weighted by molar-refractivity contribution is -0.142. The number of rotatable bonds is 2. The van der Waals surface area contributed by atoms with E-state index in [9.17, 15) is 9.59 Å². The van der Waals surface area contributed by atoms with E-state index in [1.165, 1.54) is 0 Å². The molecule has 2 aliphatic heterocycles. The van der Waals surface area contributed by atoms with Crippen LogP contribution < -0.4 is 5.32 Å². The van der Waals surface area contributed by atoms with E-state index in [0.717, 1.165) is 37.3 Å². The van der Waals surface area contributed by atoms with Gasteiger partial charge in [-0.1, -0.05) is 26.8 Å². The van der Waals surface area contributed by atoms with Crippen LogP contribution in [0.3, 0.4) is 0 Å². The number of carbonyl (C=O) groups is 2. The second kappa shape index (κ2) is 6.50. The Hall–Kier alpha value is -2.11. The van der Waals surface area contributed by atoms with Crippen molar-refractivity contribution in [2.45, 2.75) is 63.3 Å². The summed E-state index contributed by atoms with van der Waals surface area (Å²) in [6.45, 7) is 8.53. The summed E-state index contributed by atoms with van der Waals surface area (Å²) in [7, 11) is 0. The maximum Gasteiger partial charge on any atom is 0.407 e. The molecule has 0 aromatic carbocycles. The number of amides is 2. The monoisotopic (exact) mass is 371 g/mol. The van der Waals surface area contributed by atoms with Crippen LogP contribution in [-0.2, 0) is 14.9 Å². The summed E-state index contributed by atoms with van der Waals surface area (Å²) in [5, 5.41) is 2.86. The lowest BCUT2D eigenvalue weighted by atomic mass is 9.68. The molecule has 6 nitrogen and oxygen atoms in total. The highest BCUT2D eigenvalue weighted by atomic mass is 16.6. The molecule has 1 aliphatic carbocycles. The quantitative estimate of drug-likeness (QED) is 0.868. The molecule has 0 radical (unpaired) electrons. The Bertz CT molecular complexity index is 741. The third kappa shape index (κ3) is 3.54. The molecule has 1 aromatic rings. The predicted molar refractivity (Wildman–Crippen MR) is 101 cm³/mol. The molecule has 0 atom stereocenters. The van der Waals surface area contributed by atoms with Gasteiger partial charge in [0.05, 0.1) is 5.54 Å². The molecule has 4 rings (SSSR count). The molecule has 1 spiro atoms. The van der Waals surface area contributed by atoms with Gasteiger partial charge >= 0.3 is 6.09 Å². The molecule has 27 heavy (non-hydrogen) atoms. The Balaban J connectivity index is 1.32. The number of nitrogens with zero attached hydrogens (tertiary/aromatic N) is 2. The first kappa shape index (κ1) is 18.3. The first-order valence-corrected chi connectivity index (χ1v) is 9.97. The van der Waals surface area contributed by atoms with Gasteiger partial charge in [0.25, 0.3) is 0 Å². The van der Waals surface area contributed by atoms with E-state index < -0.39 is 0 Å². The van der Waals surface area contributed by atoms with E-state index in [4.69, 9.17) is 9.72 Å². The van der Waals surface area contributed by atoms with Crippen molar-refractivity contribution in [2.75, 3.05) is 19.7 Å². The van der Waals surface area contributed by atoms with Gasteiger partial charge in [-0.05, 0) is 37.8 Å². The lowest BCUT2D eigenvalue weighted by Gasteiger charge is -2.44. The Morgan fingerprint density at radius 3 is 2.56 bits per heavy atom. The Labute approximate surface area is 160 Å². The molecule has 1 N–H and O–H groups in total. The molecule has 2 saturated heterocycles. The predicted octanol–water partition coefficient (Wildman–Crippen LogP) is 2.97. The fourth-order valence-electron chi connectivity index (χ4n) is 4.52. The fourth-order valence-corrected chi connectivity index (χ4v) is 4.52. The van der Waals surface area contributed by atoms with Crippen LogP contribution in [0.15, 0.2) is 18.2 Å². The molecule has 146 valence electrons. The van der Waals surface area contributed by atoms with Crippen LogP contribution in [0.1, 0.15) is 63.8 Å². The number of carbonyl (C=O) groups excluding carboxylic acids is 2. The molecule has 2 amide bonds. The number of nitrogens with one attached hydrogen (secondary N) is 1. The molecule has 3 fully saturated rings. The van der Waals surface area contributed by atoms with Gasteiger partial charge in [0.2, 0.25) is 5.91 Å². The van der Waals surface area contributed by atoms with Crippen molar-refractivity contribution in [1.29, 1.82) is 0 Å². The number of hydrogen-bond donors (Lipinski definition) is 1. The zero-order chi connectivity index (χ0) is 19.2. The lowest BCUT2D eigenvalue weighted by Crippen LogP contribution is -2.58. The minimum absolute atomic E-state index is 0.0193. The molecule has 3 aliphatic rings. The van der Waals surface area contributed by atoms with Crippen molar-refractivity contribution in [2.24, 2.45) is 5.92 Å². The van der Waals surface area contributed by atoms with E-state index >= 15 is 0 Å². The second-order valence-electron chi connectivity index (χ2n) is 9.38. The smallest absolute Gasteiger partial charge is 0.407 e. The van der Waals surface area contributed by atoms with Crippen molar-refractivity contribution in [1.82, 2.24) is 15.2 Å². The number of hydrogen-bond acceptors (Lipinski definition) is 4. The van der Waals surface area contributed by atoms with Crippen molar-refractivity contribution in [3.63, 3.8) is 0 Å². The van der Waals surface area contributed by atoms with Gasteiger partial charge in [0.15, 0.2) is 0 Å². The number of likely N-dealkylation sites (tertiary alicyclic amines) is 1. The van der Waals surface area contributed by atoms with Crippen LogP contribution in [0.4, 0.5) is 4.79 Å². The molecule has 1 aromatic heterocycles. The van der Waals surface area contributed by atoms with E-state index in [1.54, 1.807) is 0 Å². The molecule has 0 unspecified atom stereocenters.